The van der Waals surface area contributed by atoms with Crippen molar-refractivity contribution in [2.24, 2.45) is 5.41 Å². The Bertz CT molecular complexity index is 1040. The van der Waals surface area contributed by atoms with Crippen LogP contribution in [-0.2, 0) is 34.7 Å². The van der Waals surface area contributed by atoms with Crippen LogP contribution in [0.5, 0.6) is 5.75 Å². The number of aliphatic hydroxyl groups excluding tert-OH is 1. The molecule has 0 heterocycles. The maximum absolute atomic E-state index is 10.9. The van der Waals surface area contributed by atoms with Gasteiger partial charge in [-0.1, -0.05) is 83.7 Å². The molecular formula is C33H54O8P2. The minimum absolute atomic E-state index is 0.334. The van der Waals surface area contributed by atoms with Crippen LogP contribution in [0.3, 0.4) is 0 Å². The van der Waals surface area contributed by atoms with Crippen molar-refractivity contribution in [3.63, 3.8) is 0 Å². The molecule has 1 atom stereocenters. The Morgan fingerprint density at radius 3 is 1.60 bits per heavy atom. The number of hydrogen-bond donors (Lipinski definition) is 5. The minimum atomic E-state index is -2.75. The molecule has 43 heavy (non-hydrogen) atoms. The Morgan fingerprint density at radius 1 is 0.651 bits per heavy atom. The summed E-state index contributed by atoms with van der Waals surface area (Å²) in [4.78, 5) is 38.8. The smallest absolute Gasteiger partial charge is 0.327 e. The molecule has 0 fully saturated rings. The lowest BCUT2D eigenvalue weighted by Gasteiger charge is -2.40. The monoisotopic (exact) mass is 640 g/mol. The van der Waals surface area contributed by atoms with Gasteiger partial charge in [0.15, 0.2) is 0 Å². The second kappa shape index (κ2) is 20.8. The first kappa shape index (κ1) is 38.0. The first-order valence-corrected chi connectivity index (χ1v) is 18.2. The fraction of sp³-hybridized carbons (Fsp3) is 0.636. The second-order valence-corrected chi connectivity index (χ2v) is 13.0. The lowest BCUT2D eigenvalue weighted by molar-refractivity contribution is -0.0659. The minimum Gasteiger partial charge on any atom is -0.485 e. The van der Waals surface area contributed by atoms with Crippen LogP contribution < -0.4 is 4.74 Å². The molecular weight excluding hydrogens is 586 g/mol. The van der Waals surface area contributed by atoms with Gasteiger partial charge in [0.1, 0.15) is 11.9 Å². The van der Waals surface area contributed by atoms with Crippen molar-refractivity contribution in [1.82, 2.24) is 0 Å². The van der Waals surface area contributed by atoms with Gasteiger partial charge >= 0.3 is 17.2 Å². The molecule has 0 aliphatic carbocycles. The van der Waals surface area contributed by atoms with E-state index in [-0.39, 0.29) is 13.2 Å². The lowest BCUT2D eigenvalue weighted by Crippen LogP contribution is -2.44. The van der Waals surface area contributed by atoms with Crippen LogP contribution in [0.2, 0.25) is 0 Å². The molecule has 0 spiro atoms. The number of aliphatic hydroxyl groups is 1. The maximum Gasteiger partial charge on any atom is 0.327 e. The number of benzene rings is 2. The van der Waals surface area contributed by atoms with Gasteiger partial charge in [0.05, 0.1) is 25.2 Å². The number of aryl methyl sites for hydroxylation is 4. The zero-order valence-corrected chi connectivity index (χ0v) is 28.3. The predicted molar refractivity (Wildman–Crippen MR) is 175 cm³/mol. The van der Waals surface area contributed by atoms with Crippen molar-refractivity contribution >= 4 is 17.2 Å². The Balaban J connectivity index is 2.76. The average molecular weight is 641 g/mol. The third kappa shape index (κ3) is 12.6. The van der Waals surface area contributed by atoms with E-state index in [1.54, 1.807) is 0 Å². The summed E-state index contributed by atoms with van der Waals surface area (Å²) in [7, 11) is -5.49. The summed E-state index contributed by atoms with van der Waals surface area (Å²) in [5, 5.41) is 10.9. The van der Waals surface area contributed by atoms with Crippen LogP contribution in [0.25, 0.3) is 0 Å². The second-order valence-electron chi connectivity index (χ2n) is 11.5. The van der Waals surface area contributed by atoms with Gasteiger partial charge in [-0.15, -0.1) is 0 Å². The van der Waals surface area contributed by atoms with Crippen molar-refractivity contribution in [3.05, 3.63) is 64.2 Å². The number of ether oxygens (including phenoxy) is 1. The number of unbranched alkanes of at least 4 members (excludes halogenated alkanes) is 4. The highest BCUT2D eigenvalue weighted by Crippen LogP contribution is 2.45. The number of hydrogen-bond acceptors (Lipinski definition) is 8. The van der Waals surface area contributed by atoms with Crippen LogP contribution >= 0.6 is 17.2 Å². The first-order chi connectivity index (χ1) is 20.7. The SMILES string of the molecule is CCCCc1ccc(OC(c2ccc(CCCC)cc2CCCC)C(CO)(COP(O)O)COP(O)O)c(CCCC)c1. The molecule has 0 amide bonds. The van der Waals surface area contributed by atoms with E-state index in [1.807, 2.05) is 12.1 Å². The highest BCUT2D eigenvalue weighted by atomic mass is 31.2. The van der Waals surface area contributed by atoms with Crippen LogP contribution in [0.1, 0.15) is 113 Å². The zero-order valence-electron chi connectivity index (χ0n) is 26.5. The Labute approximate surface area is 261 Å². The molecule has 0 radical (unpaired) electrons. The highest BCUT2D eigenvalue weighted by Gasteiger charge is 2.45. The molecule has 0 aliphatic heterocycles. The molecule has 0 aromatic heterocycles. The lowest BCUT2D eigenvalue weighted by atomic mass is 9.78. The van der Waals surface area contributed by atoms with Gasteiger partial charge < -0.3 is 38.5 Å². The largest absolute Gasteiger partial charge is 0.485 e. The van der Waals surface area contributed by atoms with Gasteiger partial charge in [0.25, 0.3) is 0 Å². The predicted octanol–water partition coefficient (Wildman–Crippen LogP) is 7.61. The summed E-state index contributed by atoms with van der Waals surface area (Å²) in [6.45, 7) is 7.46. The van der Waals surface area contributed by atoms with E-state index in [1.165, 1.54) is 11.1 Å². The van der Waals surface area contributed by atoms with E-state index in [4.69, 9.17) is 13.8 Å². The van der Waals surface area contributed by atoms with Crippen molar-refractivity contribution in [2.75, 3.05) is 19.8 Å². The molecule has 0 bridgehead atoms. The third-order valence-electron chi connectivity index (χ3n) is 7.90. The highest BCUT2D eigenvalue weighted by molar-refractivity contribution is 7.39. The molecule has 0 saturated heterocycles. The van der Waals surface area contributed by atoms with Gasteiger partial charge in [0, 0.05) is 0 Å². The van der Waals surface area contributed by atoms with Crippen molar-refractivity contribution < 1.29 is 38.5 Å². The fourth-order valence-electron chi connectivity index (χ4n) is 5.27. The molecule has 1 unspecified atom stereocenters. The van der Waals surface area contributed by atoms with Crippen LogP contribution in [0.15, 0.2) is 36.4 Å². The molecule has 10 heteroatoms. The van der Waals surface area contributed by atoms with E-state index in [9.17, 15) is 24.7 Å². The quantitative estimate of drug-likeness (QED) is 0.0786. The van der Waals surface area contributed by atoms with Crippen molar-refractivity contribution in [1.29, 1.82) is 0 Å². The fourth-order valence-corrected chi connectivity index (χ4v) is 6.01. The van der Waals surface area contributed by atoms with E-state index in [0.717, 1.165) is 93.7 Å². The topological polar surface area (TPSA) is 129 Å². The van der Waals surface area contributed by atoms with E-state index >= 15 is 0 Å². The molecule has 8 nitrogen and oxygen atoms in total. The third-order valence-corrected chi connectivity index (χ3v) is 8.62. The molecule has 2 rings (SSSR count). The van der Waals surface area contributed by atoms with E-state index in [0.29, 0.717) is 5.75 Å². The van der Waals surface area contributed by atoms with Gasteiger partial charge in [-0.25, -0.2) is 0 Å². The molecule has 5 N–H and O–H groups in total. The molecule has 2 aromatic rings. The van der Waals surface area contributed by atoms with E-state index in [2.05, 4.69) is 52.0 Å². The standard InChI is InChI=1S/C33H54O8P2/c1-5-9-13-26-17-19-30(28(21-26)15-11-7-3)32(33(23-34,24-39-42(35)36)25-40-43(37)38)41-31-20-18-27(14-10-6-2)22-29(31)16-12-8-4/h17-22,32,34-38H,5-16,23-25H2,1-4H3. The van der Waals surface area contributed by atoms with E-state index < -0.39 is 35.3 Å². The summed E-state index contributed by atoms with van der Waals surface area (Å²) in [5.41, 5.74) is 4.09. The molecule has 0 aliphatic rings. The van der Waals surface area contributed by atoms with Crippen LogP contribution in [-0.4, -0.2) is 44.5 Å². The zero-order chi connectivity index (χ0) is 31.7. The van der Waals surface area contributed by atoms with Crippen molar-refractivity contribution in [3.8, 4) is 5.75 Å². The molecule has 244 valence electrons. The summed E-state index contributed by atoms with van der Waals surface area (Å²) in [5.74, 6) is 0.679. The Kier molecular flexibility index (Phi) is 18.4. The Morgan fingerprint density at radius 2 is 1.12 bits per heavy atom. The normalized spacial score (nSPS) is 12.8. The van der Waals surface area contributed by atoms with Crippen molar-refractivity contribution in [2.45, 2.75) is 111 Å². The summed E-state index contributed by atoms with van der Waals surface area (Å²) in [6.07, 6.45) is 11.1. The summed E-state index contributed by atoms with van der Waals surface area (Å²) >= 11 is 0. The first-order valence-electron chi connectivity index (χ1n) is 15.9. The molecule has 0 saturated carbocycles. The van der Waals surface area contributed by atoms with Gasteiger partial charge in [0.2, 0.25) is 0 Å². The summed E-state index contributed by atoms with van der Waals surface area (Å²) < 4.78 is 17.6. The van der Waals surface area contributed by atoms with Crippen LogP contribution in [0.4, 0.5) is 0 Å². The molecule has 2 aromatic carbocycles. The Hall–Kier alpha value is -1.18. The summed E-state index contributed by atoms with van der Waals surface area (Å²) in [6, 6.07) is 12.6. The van der Waals surface area contributed by atoms with Gasteiger partial charge in [-0.3, -0.25) is 0 Å². The average Bonchev–Trinajstić information content (AvgIpc) is 3.00. The number of rotatable bonds is 23. The van der Waals surface area contributed by atoms with Gasteiger partial charge in [-0.2, -0.15) is 0 Å². The van der Waals surface area contributed by atoms with Crippen LogP contribution in [0, 0.1) is 5.41 Å². The van der Waals surface area contributed by atoms with Gasteiger partial charge in [-0.05, 0) is 85.3 Å². The maximum atomic E-state index is 10.9.